The van der Waals surface area contributed by atoms with Gasteiger partial charge in [-0.15, -0.1) is 0 Å². The summed E-state index contributed by atoms with van der Waals surface area (Å²) in [5, 5.41) is 11.8. The molecule has 61 heavy (non-hydrogen) atoms. The summed E-state index contributed by atoms with van der Waals surface area (Å²) in [6.07, 6.45) is -1.68. The minimum Gasteiger partial charge on any atom is -0.463 e. The molecule has 1 aliphatic rings. The fourth-order valence-electron chi connectivity index (χ4n) is 8.71. The molecule has 0 spiro atoms. The highest BCUT2D eigenvalue weighted by Gasteiger charge is 2.49. The van der Waals surface area contributed by atoms with E-state index in [-0.39, 0.29) is 52.7 Å². The topological polar surface area (TPSA) is 110 Å². The number of ketones is 1. The van der Waals surface area contributed by atoms with Gasteiger partial charge in [-0.25, -0.2) is 4.79 Å². The predicted octanol–water partition coefficient (Wildman–Crippen LogP) is 12.6. The van der Waals surface area contributed by atoms with Gasteiger partial charge in [0.2, 0.25) is 0 Å². The summed E-state index contributed by atoms with van der Waals surface area (Å²) >= 11 is 0. The molecule has 0 aromatic heterocycles. The molecule has 2 unspecified atom stereocenters. The first kappa shape index (κ1) is 58.5. The lowest BCUT2D eigenvalue weighted by atomic mass is 9.81. The number of esters is 1. The Balaban J connectivity index is 4.34. The van der Waals surface area contributed by atoms with Gasteiger partial charge in [-0.05, 0) is 85.0 Å². The number of hydrogen-bond donors (Lipinski definition) is 1. The van der Waals surface area contributed by atoms with Gasteiger partial charge >= 0.3 is 5.97 Å². The molecule has 1 rings (SSSR count). The van der Waals surface area contributed by atoms with Crippen LogP contribution in [0.2, 0.25) is 72.5 Å². The second-order valence-electron chi connectivity index (χ2n) is 22.1. The van der Waals surface area contributed by atoms with Gasteiger partial charge in [0.25, 0.3) is 0 Å². The number of aliphatic hydroxyl groups is 1. The summed E-state index contributed by atoms with van der Waals surface area (Å²) in [5.41, 5.74) is 0.986. The molecular formula is C48H98O9Si4. The maximum atomic E-state index is 14.8. The molecule has 1 aliphatic heterocycles. The minimum absolute atomic E-state index is 0.0483. The summed E-state index contributed by atoms with van der Waals surface area (Å²) < 4.78 is 41.7. The average molecular weight is 932 g/mol. The van der Waals surface area contributed by atoms with Crippen LogP contribution in [0.3, 0.4) is 0 Å². The molecule has 9 nitrogen and oxygen atoms in total. The summed E-state index contributed by atoms with van der Waals surface area (Å²) in [4.78, 5) is 28.9. The highest BCUT2D eigenvalue weighted by molar-refractivity contribution is 6.75. The molecule has 0 saturated carbocycles. The molecule has 0 amide bonds. The first-order valence-electron chi connectivity index (χ1n) is 24.1. The van der Waals surface area contributed by atoms with Crippen molar-refractivity contribution in [1.29, 1.82) is 0 Å². The van der Waals surface area contributed by atoms with Gasteiger partial charge in [-0.2, -0.15) is 0 Å². The third kappa shape index (κ3) is 15.0. The second kappa shape index (κ2) is 23.8. The summed E-state index contributed by atoms with van der Waals surface area (Å²) in [7, 11) is -7.68. The van der Waals surface area contributed by atoms with E-state index in [0.717, 1.165) is 41.8 Å². The Morgan fingerprint density at radius 1 is 0.656 bits per heavy atom. The average Bonchev–Trinajstić information content (AvgIpc) is 3.18. The third-order valence-corrected chi connectivity index (χ3v) is 34.2. The van der Waals surface area contributed by atoms with Crippen molar-refractivity contribution in [3.63, 3.8) is 0 Å². The first-order valence-corrected chi connectivity index (χ1v) is 35.0. The zero-order chi connectivity index (χ0) is 47.7. The number of methoxy groups -OCH3 is 1. The molecule has 0 saturated heterocycles. The van der Waals surface area contributed by atoms with Crippen LogP contribution in [-0.4, -0.2) is 100 Å². The van der Waals surface area contributed by atoms with E-state index < -0.39 is 81.6 Å². The molecule has 1 heterocycles. The van der Waals surface area contributed by atoms with Crippen molar-refractivity contribution < 1.29 is 41.9 Å². The maximum Gasteiger partial charge on any atom is 0.337 e. The normalized spacial score (nSPS) is 31.5. The van der Waals surface area contributed by atoms with E-state index in [1.807, 2.05) is 13.8 Å². The van der Waals surface area contributed by atoms with Crippen LogP contribution in [0.1, 0.15) is 131 Å². The zero-order valence-corrected chi connectivity index (χ0v) is 47.8. The minimum atomic E-state index is -2.39. The SMILES string of the molecule is CC[Si](CC)(CC)OC1[C@@H](C)C(OC)[C@H](O)C(=O)OC[C@H](C)[C@@H](O[Si](CC)(CC)CC)[C@H](C)[C@@H](O[Si](C)(C)C(C)(C)C)CC(=O)[C@@H](C)/C=C(\C)[C@H](O[Si](C)(C)C(C)(C)C)[C@H]1C. The largest absolute Gasteiger partial charge is 0.463 e. The highest BCUT2D eigenvalue weighted by Crippen LogP contribution is 2.43. The number of ether oxygens (including phenoxy) is 2. The van der Waals surface area contributed by atoms with E-state index in [1.54, 1.807) is 7.11 Å². The Morgan fingerprint density at radius 3 is 1.49 bits per heavy atom. The molecule has 0 fully saturated rings. The number of carbonyl (C=O) groups is 2. The van der Waals surface area contributed by atoms with Crippen molar-refractivity contribution in [1.82, 2.24) is 0 Å². The molecule has 0 aliphatic carbocycles. The maximum absolute atomic E-state index is 14.8. The summed E-state index contributed by atoms with van der Waals surface area (Å²) in [5.74, 6) is -2.06. The van der Waals surface area contributed by atoms with Crippen LogP contribution in [0.15, 0.2) is 11.6 Å². The number of rotatable bonds is 15. The van der Waals surface area contributed by atoms with Gasteiger partial charge in [0.1, 0.15) is 5.78 Å². The van der Waals surface area contributed by atoms with E-state index in [9.17, 15) is 14.7 Å². The van der Waals surface area contributed by atoms with Gasteiger partial charge in [0.05, 0.1) is 37.1 Å². The molecular weight excluding hydrogens is 833 g/mol. The monoisotopic (exact) mass is 931 g/mol. The highest BCUT2D eigenvalue weighted by atomic mass is 28.4. The summed E-state index contributed by atoms with van der Waals surface area (Å²) in [6, 6.07) is 5.65. The van der Waals surface area contributed by atoms with E-state index in [0.29, 0.717) is 0 Å². The molecule has 13 heteroatoms. The van der Waals surface area contributed by atoms with Crippen LogP contribution in [0.4, 0.5) is 0 Å². The Labute approximate surface area is 380 Å². The lowest BCUT2D eigenvalue weighted by molar-refractivity contribution is -0.169. The number of carbonyl (C=O) groups excluding carboxylic acids is 2. The van der Waals surface area contributed by atoms with Crippen LogP contribution in [0, 0.1) is 29.6 Å². The number of aliphatic hydroxyl groups excluding tert-OH is 1. The van der Waals surface area contributed by atoms with Gasteiger partial charge in [0.15, 0.2) is 39.4 Å². The van der Waals surface area contributed by atoms with Crippen LogP contribution < -0.4 is 0 Å². The third-order valence-electron chi connectivity index (χ3n) is 16.0. The van der Waals surface area contributed by atoms with Crippen molar-refractivity contribution in [2.75, 3.05) is 13.7 Å². The van der Waals surface area contributed by atoms with E-state index in [2.05, 4.69) is 143 Å². The van der Waals surface area contributed by atoms with Crippen molar-refractivity contribution in [2.45, 2.75) is 240 Å². The smallest absolute Gasteiger partial charge is 0.337 e. The fourth-order valence-corrected chi connectivity index (χ4v) is 17.5. The number of Topliss-reactive ketones (excluding diaryl/α,β-unsaturated/α-hetero) is 1. The van der Waals surface area contributed by atoms with E-state index in [1.165, 1.54) is 0 Å². The number of allylic oxidation sites excluding steroid dienone is 1. The van der Waals surface area contributed by atoms with Crippen LogP contribution in [0.25, 0.3) is 0 Å². The van der Waals surface area contributed by atoms with Crippen LogP contribution in [0.5, 0.6) is 0 Å². The molecule has 11 atom stereocenters. The van der Waals surface area contributed by atoms with Gasteiger partial charge in [-0.1, -0.05) is 124 Å². The predicted molar refractivity (Wildman–Crippen MR) is 265 cm³/mol. The molecule has 360 valence electrons. The molecule has 1 N–H and O–H groups in total. The zero-order valence-electron chi connectivity index (χ0n) is 43.8. The molecule has 0 radical (unpaired) electrons. The van der Waals surface area contributed by atoms with E-state index >= 15 is 0 Å². The van der Waals surface area contributed by atoms with Crippen molar-refractivity contribution in [3.05, 3.63) is 11.6 Å². The standard InChI is InChI=1S/C48H98O9Si4/c1-24-60(25-2,26-3)56-43-35(9)32-53-46(51)41(50)45(52-19)38(12)44(57-61(27-4,28-5)29-6)37(11)42(55-59(22,23)48(16,17)18)34(8)30-33(7)39(49)31-40(36(43)10)54-58(20,21)47(13,14)15/h30,33,35-38,40-45,50H,24-29,31-32H2,1-23H3/b34-30+/t33-,35-,36+,37+,38+,40-,41-,42-,43+,44?,45?/m0/s1. The second-order valence-corrected chi connectivity index (χ2v) is 41.0. The lowest BCUT2D eigenvalue weighted by Crippen LogP contribution is -2.55. The Bertz CT molecular complexity index is 1370. The van der Waals surface area contributed by atoms with Gasteiger partial charge in [0, 0.05) is 43.1 Å². The van der Waals surface area contributed by atoms with Crippen molar-refractivity contribution in [3.8, 4) is 0 Å². The first-order chi connectivity index (χ1) is 27.8. The Hall–Kier alpha value is -0.492. The summed E-state index contributed by atoms with van der Waals surface area (Å²) in [6.45, 7) is 48.4. The van der Waals surface area contributed by atoms with Crippen LogP contribution in [-0.2, 0) is 36.8 Å². The molecule has 0 aromatic carbocycles. The van der Waals surface area contributed by atoms with Crippen molar-refractivity contribution in [2.24, 2.45) is 29.6 Å². The fraction of sp³-hybridized carbons (Fsp3) is 0.917. The Morgan fingerprint density at radius 2 is 1.08 bits per heavy atom. The van der Waals surface area contributed by atoms with Crippen molar-refractivity contribution >= 4 is 45.0 Å². The Kier molecular flexibility index (Phi) is 22.8. The molecule has 0 aromatic rings. The quantitative estimate of drug-likeness (QED) is 0.0975. The van der Waals surface area contributed by atoms with E-state index in [4.69, 9.17) is 27.2 Å². The molecule has 0 bridgehead atoms. The number of hydrogen-bond acceptors (Lipinski definition) is 9. The van der Waals surface area contributed by atoms with Crippen LogP contribution >= 0.6 is 0 Å². The van der Waals surface area contributed by atoms with Gasteiger partial charge < -0.3 is 32.3 Å². The van der Waals surface area contributed by atoms with Gasteiger partial charge in [-0.3, -0.25) is 4.79 Å². The number of cyclic esters (lactones) is 1. The lowest BCUT2D eigenvalue weighted by Gasteiger charge is -2.47.